The number of hydrogen-bond donors (Lipinski definition) is 0. The maximum atomic E-state index is 13.0. The Hall–Kier alpha value is -3.62. The van der Waals surface area contributed by atoms with Gasteiger partial charge in [0.05, 0.1) is 10.5 Å². The molecular weight excluding hydrogens is 345 g/mol. The monoisotopic (exact) mass is 357 g/mol. The first kappa shape index (κ1) is 17.2. The minimum absolute atomic E-state index is 0.0318. The van der Waals surface area contributed by atoms with Gasteiger partial charge in [0.2, 0.25) is 5.89 Å². The first-order valence-electron chi connectivity index (χ1n) is 7.49. The van der Waals surface area contributed by atoms with E-state index in [0.717, 1.165) is 6.07 Å². The Labute approximate surface area is 146 Å². The first-order chi connectivity index (χ1) is 12.4. The summed E-state index contributed by atoms with van der Waals surface area (Å²) >= 11 is 0. The Kier molecular flexibility index (Phi) is 4.70. The fraction of sp³-hybridized carbons (Fsp3) is 0.118. The topological polar surface area (TPSA) is 108 Å². The summed E-state index contributed by atoms with van der Waals surface area (Å²) in [5, 5.41) is 18.4. The molecule has 2 aromatic carbocycles. The summed E-state index contributed by atoms with van der Waals surface area (Å²) in [5.74, 6) is -0.961. The van der Waals surface area contributed by atoms with Crippen LogP contribution < -0.4 is 0 Å². The van der Waals surface area contributed by atoms with E-state index in [4.69, 9.17) is 9.15 Å². The van der Waals surface area contributed by atoms with Crippen LogP contribution in [0, 0.1) is 15.9 Å². The van der Waals surface area contributed by atoms with E-state index in [0.29, 0.717) is 5.56 Å². The Bertz CT molecular complexity index is 955. The highest BCUT2D eigenvalue weighted by Crippen LogP contribution is 2.24. The number of carbonyl (C=O) groups excluding carboxylic acids is 1. The van der Waals surface area contributed by atoms with Gasteiger partial charge < -0.3 is 9.15 Å². The van der Waals surface area contributed by atoms with Gasteiger partial charge in [-0.3, -0.25) is 10.1 Å². The number of carbonyl (C=O) groups is 1. The van der Waals surface area contributed by atoms with E-state index in [-0.39, 0.29) is 23.0 Å². The van der Waals surface area contributed by atoms with Crippen LogP contribution in [0.4, 0.5) is 10.1 Å². The number of esters is 1. The van der Waals surface area contributed by atoms with Crippen molar-refractivity contribution in [1.82, 2.24) is 10.2 Å². The largest absolute Gasteiger partial charge is 0.449 e. The predicted molar refractivity (Wildman–Crippen MR) is 86.6 cm³/mol. The fourth-order valence-electron chi connectivity index (χ4n) is 2.13. The number of rotatable bonds is 5. The van der Waals surface area contributed by atoms with E-state index in [1.54, 1.807) is 0 Å². The molecule has 132 valence electrons. The maximum absolute atomic E-state index is 13.0. The number of hydrogen-bond acceptors (Lipinski definition) is 7. The average Bonchev–Trinajstić information content (AvgIpc) is 3.12. The lowest BCUT2D eigenvalue weighted by molar-refractivity contribution is -0.384. The van der Waals surface area contributed by atoms with E-state index in [1.165, 1.54) is 49.4 Å². The van der Waals surface area contributed by atoms with Crippen LogP contribution in [0.25, 0.3) is 11.5 Å². The number of nitro benzene ring substituents is 1. The molecule has 3 rings (SSSR count). The fourth-order valence-corrected chi connectivity index (χ4v) is 2.13. The normalized spacial score (nSPS) is 11.8. The van der Waals surface area contributed by atoms with Crippen LogP contribution in [0.3, 0.4) is 0 Å². The van der Waals surface area contributed by atoms with Crippen molar-refractivity contribution in [2.24, 2.45) is 0 Å². The zero-order valence-electron chi connectivity index (χ0n) is 13.5. The highest BCUT2D eigenvalue weighted by molar-refractivity contribution is 5.90. The molecule has 0 saturated carbocycles. The van der Waals surface area contributed by atoms with Gasteiger partial charge in [0.1, 0.15) is 5.82 Å². The second-order valence-corrected chi connectivity index (χ2v) is 5.31. The van der Waals surface area contributed by atoms with E-state index < -0.39 is 22.8 Å². The van der Waals surface area contributed by atoms with Gasteiger partial charge >= 0.3 is 5.97 Å². The molecule has 0 N–H and O–H groups in total. The van der Waals surface area contributed by atoms with Gasteiger partial charge in [0.25, 0.3) is 11.6 Å². The highest BCUT2D eigenvalue weighted by Gasteiger charge is 2.21. The minimum atomic E-state index is -0.872. The molecule has 1 heterocycles. The summed E-state index contributed by atoms with van der Waals surface area (Å²) in [5.41, 5.74) is 0.329. The van der Waals surface area contributed by atoms with Gasteiger partial charge in [-0.25, -0.2) is 9.18 Å². The van der Waals surface area contributed by atoms with Gasteiger partial charge in [-0.15, -0.1) is 10.2 Å². The van der Waals surface area contributed by atoms with Gasteiger partial charge in [-0.1, -0.05) is 6.07 Å². The second kappa shape index (κ2) is 7.09. The zero-order valence-corrected chi connectivity index (χ0v) is 13.5. The van der Waals surface area contributed by atoms with Crippen LogP contribution >= 0.6 is 0 Å². The molecule has 8 nitrogen and oxygen atoms in total. The second-order valence-electron chi connectivity index (χ2n) is 5.31. The first-order valence-corrected chi connectivity index (χ1v) is 7.49. The molecule has 0 radical (unpaired) electrons. The molecule has 1 aromatic heterocycles. The zero-order chi connectivity index (χ0) is 18.7. The number of aromatic nitrogens is 2. The van der Waals surface area contributed by atoms with Crippen molar-refractivity contribution in [2.45, 2.75) is 13.0 Å². The van der Waals surface area contributed by atoms with Crippen molar-refractivity contribution in [3.63, 3.8) is 0 Å². The van der Waals surface area contributed by atoms with Crippen molar-refractivity contribution >= 4 is 11.7 Å². The lowest BCUT2D eigenvalue weighted by atomic mass is 10.2. The molecule has 9 heteroatoms. The van der Waals surface area contributed by atoms with Crippen LogP contribution in [0.15, 0.2) is 52.9 Å². The summed E-state index contributed by atoms with van der Waals surface area (Å²) in [7, 11) is 0. The Morgan fingerprint density at radius 2 is 1.96 bits per heavy atom. The molecule has 0 amide bonds. The standard InChI is InChI=1S/C17H12FN3O5/c1-10(25-17(22)12-3-2-4-14(9-12)21(23)24)15-19-20-16(26-15)11-5-7-13(18)8-6-11/h2-10H,1H3/t10-/m1/s1. The summed E-state index contributed by atoms with van der Waals surface area (Å²) < 4.78 is 23.6. The highest BCUT2D eigenvalue weighted by atomic mass is 19.1. The third-order valence-electron chi connectivity index (χ3n) is 3.46. The van der Waals surface area contributed by atoms with Gasteiger partial charge in [-0.05, 0) is 37.3 Å². The lowest BCUT2D eigenvalue weighted by Crippen LogP contribution is -2.09. The number of nitro groups is 1. The van der Waals surface area contributed by atoms with E-state index in [9.17, 15) is 19.3 Å². The Balaban J connectivity index is 1.73. The molecule has 0 spiro atoms. The molecule has 0 unspecified atom stereocenters. The average molecular weight is 357 g/mol. The lowest BCUT2D eigenvalue weighted by Gasteiger charge is -2.09. The molecule has 3 aromatic rings. The summed E-state index contributed by atoms with van der Waals surface area (Å²) in [6, 6.07) is 10.6. The number of benzene rings is 2. The third kappa shape index (κ3) is 3.72. The van der Waals surface area contributed by atoms with Crippen LogP contribution in [0.2, 0.25) is 0 Å². The van der Waals surface area contributed by atoms with Gasteiger partial charge in [0.15, 0.2) is 6.10 Å². The minimum Gasteiger partial charge on any atom is -0.449 e. The molecule has 0 bridgehead atoms. The van der Waals surface area contributed by atoms with Gasteiger partial charge in [0, 0.05) is 17.7 Å². The molecular formula is C17H12FN3O5. The Morgan fingerprint density at radius 1 is 1.23 bits per heavy atom. The molecule has 1 atom stereocenters. The van der Waals surface area contributed by atoms with Crippen LogP contribution in [-0.2, 0) is 4.74 Å². The molecule has 0 aliphatic heterocycles. The smallest absolute Gasteiger partial charge is 0.339 e. The van der Waals surface area contributed by atoms with Gasteiger partial charge in [-0.2, -0.15) is 0 Å². The van der Waals surface area contributed by atoms with Crippen molar-refractivity contribution in [3.05, 3.63) is 75.9 Å². The number of halogens is 1. The predicted octanol–water partition coefficient (Wildman–Crippen LogP) is 3.70. The number of non-ortho nitro benzene ring substituents is 1. The Morgan fingerprint density at radius 3 is 2.65 bits per heavy atom. The third-order valence-corrected chi connectivity index (χ3v) is 3.46. The molecule has 0 aliphatic rings. The van der Waals surface area contributed by atoms with Crippen molar-refractivity contribution in [2.75, 3.05) is 0 Å². The molecule has 0 saturated heterocycles. The summed E-state index contributed by atoms with van der Waals surface area (Å²) in [6.07, 6.45) is -0.872. The number of ether oxygens (including phenoxy) is 1. The van der Waals surface area contributed by atoms with Crippen molar-refractivity contribution < 1.29 is 23.3 Å². The molecule has 0 aliphatic carbocycles. The maximum Gasteiger partial charge on any atom is 0.339 e. The summed E-state index contributed by atoms with van der Waals surface area (Å²) in [6.45, 7) is 1.53. The quantitative estimate of drug-likeness (QED) is 0.389. The number of nitrogens with zero attached hydrogens (tertiary/aromatic N) is 3. The van der Waals surface area contributed by atoms with Crippen LogP contribution in [-0.4, -0.2) is 21.1 Å². The summed E-state index contributed by atoms with van der Waals surface area (Å²) in [4.78, 5) is 22.3. The van der Waals surface area contributed by atoms with Crippen LogP contribution in [0.5, 0.6) is 0 Å². The van der Waals surface area contributed by atoms with E-state index in [1.807, 2.05) is 0 Å². The van der Waals surface area contributed by atoms with Crippen molar-refractivity contribution in [3.8, 4) is 11.5 Å². The van der Waals surface area contributed by atoms with E-state index >= 15 is 0 Å². The van der Waals surface area contributed by atoms with Crippen molar-refractivity contribution in [1.29, 1.82) is 0 Å². The molecule has 26 heavy (non-hydrogen) atoms. The SMILES string of the molecule is C[C@@H](OC(=O)c1cccc([N+](=O)[O-])c1)c1nnc(-c2ccc(F)cc2)o1. The van der Waals surface area contributed by atoms with Crippen LogP contribution in [0.1, 0.15) is 29.3 Å². The molecule has 0 fully saturated rings. The van der Waals surface area contributed by atoms with E-state index in [2.05, 4.69) is 10.2 Å².